The summed E-state index contributed by atoms with van der Waals surface area (Å²) in [7, 11) is 0. The van der Waals surface area contributed by atoms with Crippen molar-refractivity contribution >= 4 is 5.97 Å². The monoisotopic (exact) mass is 224 g/mol. The number of carboxylic acids is 1. The molecule has 0 bridgehead atoms. The SMILES string of the molecule is O=C([O-])c1cnn(-c2ccc(F)cc2F)n1. The zero-order chi connectivity index (χ0) is 11.7. The van der Waals surface area contributed by atoms with Crippen molar-refractivity contribution in [2.24, 2.45) is 0 Å². The molecule has 0 saturated heterocycles. The number of benzene rings is 1. The maximum absolute atomic E-state index is 13.2. The van der Waals surface area contributed by atoms with Crippen LogP contribution in [0.2, 0.25) is 0 Å². The molecule has 1 aromatic heterocycles. The van der Waals surface area contributed by atoms with Crippen LogP contribution in [0.3, 0.4) is 0 Å². The van der Waals surface area contributed by atoms with Gasteiger partial charge in [-0.2, -0.15) is 5.10 Å². The maximum atomic E-state index is 13.2. The lowest BCUT2D eigenvalue weighted by molar-refractivity contribution is -0.255. The first-order chi connectivity index (χ1) is 7.58. The number of carbonyl (C=O) groups excluding carboxylic acids is 1. The maximum Gasteiger partial charge on any atom is 0.153 e. The normalized spacial score (nSPS) is 10.4. The summed E-state index contributed by atoms with van der Waals surface area (Å²) < 4.78 is 25.8. The largest absolute Gasteiger partial charge is 0.543 e. The molecular weight excluding hydrogens is 220 g/mol. The van der Waals surface area contributed by atoms with Crippen molar-refractivity contribution in [2.45, 2.75) is 0 Å². The van der Waals surface area contributed by atoms with Gasteiger partial charge in [-0.15, -0.1) is 9.90 Å². The molecule has 7 heteroatoms. The Hall–Kier alpha value is -2.31. The minimum Gasteiger partial charge on any atom is -0.543 e. The highest BCUT2D eigenvalue weighted by Gasteiger charge is 2.09. The van der Waals surface area contributed by atoms with Gasteiger partial charge in [-0.1, -0.05) is 0 Å². The van der Waals surface area contributed by atoms with Gasteiger partial charge in [-0.3, -0.25) is 0 Å². The van der Waals surface area contributed by atoms with Gasteiger partial charge in [0.25, 0.3) is 0 Å². The highest BCUT2D eigenvalue weighted by Crippen LogP contribution is 2.12. The van der Waals surface area contributed by atoms with Gasteiger partial charge < -0.3 is 9.90 Å². The van der Waals surface area contributed by atoms with E-state index in [1.165, 1.54) is 0 Å². The van der Waals surface area contributed by atoms with Crippen LogP contribution in [0.4, 0.5) is 8.78 Å². The summed E-state index contributed by atoms with van der Waals surface area (Å²) in [5.41, 5.74) is -0.572. The minimum absolute atomic E-state index is 0.145. The summed E-state index contributed by atoms with van der Waals surface area (Å²) in [6.45, 7) is 0. The van der Waals surface area contributed by atoms with Crippen LogP contribution in [0.5, 0.6) is 0 Å². The van der Waals surface area contributed by atoms with E-state index in [1.54, 1.807) is 0 Å². The van der Waals surface area contributed by atoms with Crippen molar-refractivity contribution in [3.8, 4) is 5.69 Å². The average molecular weight is 224 g/mol. The molecule has 16 heavy (non-hydrogen) atoms. The van der Waals surface area contributed by atoms with E-state index in [1.807, 2.05) is 0 Å². The molecule has 1 heterocycles. The van der Waals surface area contributed by atoms with Gasteiger partial charge in [-0.05, 0) is 12.1 Å². The average Bonchev–Trinajstić information content (AvgIpc) is 2.66. The van der Waals surface area contributed by atoms with Crippen LogP contribution in [0.1, 0.15) is 10.5 Å². The van der Waals surface area contributed by atoms with Gasteiger partial charge in [-0.25, -0.2) is 8.78 Å². The van der Waals surface area contributed by atoms with Gasteiger partial charge in [0.15, 0.2) is 5.82 Å². The Morgan fingerprint density at radius 2 is 2.12 bits per heavy atom. The van der Waals surface area contributed by atoms with Crippen LogP contribution in [-0.4, -0.2) is 21.0 Å². The second kappa shape index (κ2) is 3.69. The summed E-state index contributed by atoms with van der Waals surface area (Å²) in [6.07, 6.45) is 0.915. The van der Waals surface area contributed by atoms with E-state index in [2.05, 4.69) is 10.2 Å². The third-order valence-corrected chi connectivity index (χ3v) is 1.83. The number of halogens is 2. The molecule has 0 aliphatic heterocycles. The first kappa shape index (κ1) is 10.2. The third kappa shape index (κ3) is 1.74. The van der Waals surface area contributed by atoms with Gasteiger partial charge in [0.2, 0.25) is 0 Å². The molecular formula is C9H4F2N3O2-. The Labute approximate surface area is 87.9 Å². The second-order valence-electron chi connectivity index (χ2n) is 2.90. The van der Waals surface area contributed by atoms with Gasteiger partial charge >= 0.3 is 0 Å². The molecule has 1 aromatic carbocycles. The van der Waals surface area contributed by atoms with E-state index in [-0.39, 0.29) is 5.69 Å². The molecule has 0 unspecified atom stereocenters. The fourth-order valence-corrected chi connectivity index (χ4v) is 1.12. The van der Waals surface area contributed by atoms with E-state index in [9.17, 15) is 18.7 Å². The Morgan fingerprint density at radius 3 is 2.69 bits per heavy atom. The highest BCUT2D eigenvalue weighted by molar-refractivity contribution is 5.82. The molecule has 0 amide bonds. The minimum atomic E-state index is -1.52. The Bertz CT molecular complexity index is 553. The molecule has 0 atom stereocenters. The smallest absolute Gasteiger partial charge is 0.153 e. The fraction of sp³-hybridized carbons (Fsp3) is 0. The molecule has 0 N–H and O–H groups in total. The van der Waals surface area contributed by atoms with Crippen molar-refractivity contribution in [2.75, 3.05) is 0 Å². The number of rotatable bonds is 2. The van der Waals surface area contributed by atoms with Crippen molar-refractivity contribution in [3.05, 3.63) is 41.7 Å². The summed E-state index contributed by atoms with van der Waals surface area (Å²) in [5, 5.41) is 17.4. The summed E-state index contributed by atoms with van der Waals surface area (Å²) in [5.74, 6) is -3.15. The summed E-state index contributed by atoms with van der Waals surface area (Å²) in [4.78, 5) is 11.2. The van der Waals surface area contributed by atoms with E-state index in [0.717, 1.165) is 23.1 Å². The number of carbonyl (C=O) groups is 1. The van der Waals surface area contributed by atoms with Crippen LogP contribution in [0.15, 0.2) is 24.4 Å². The molecule has 0 fully saturated rings. The molecule has 82 valence electrons. The molecule has 0 aliphatic carbocycles. The first-order valence-corrected chi connectivity index (χ1v) is 4.17. The number of carboxylic acid groups (broad SMARTS) is 1. The van der Waals surface area contributed by atoms with Gasteiger partial charge in [0.05, 0.1) is 12.2 Å². The van der Waals surface area contributed by atoms with Crippen LogP contribution < -0.4 is 5.11 Å². The van der Waals surface area contributed by atoms with Crippen LogP contribution in [0.25, 0.3) is 5.69 Å². The number of aromatic nitrogens is 3. The predicted molar refractivity (Wildman–Crippen MR) is 45.6 cm³/mol. The van der Waals surface area contributed by atoms with Crippen molar-refractivity contribution in [1.82, 2.24) is 15.0 Å². The van der Waals surface area contributed by atoms with Crippen LogP contribution in [-0.2, 0) is 0 Å². The van der Waals surface area contributed by atoms with E-state index >= 15 is 0 Å². The molecule has 0 radical (unpaired) electrons. The topological polar surface area (TPSA) is 70.8 Å². The zero-order valence-electron chi connectivity index (χ0n) is 7.72. The highest BCUT2D eigenvalue weighted by atomic mass is 19.1. The Kier molecular flexibility index (Phi) is 2.35. The van der Waals surface area contributed by atoms with E-state index in [0.29, 0.717) is 6.07 Å². The Morgan fingerprint density at radius 1 is 1.38 bits per heavy atom. The summed E-state index contributed by atoms with van der Waals surface area (Å²) >= 11 is 0. The van der Waals surface area contributed by atoms with E-state index < -0.39 is 23.3 Å². The number of hydrogen-bond donors (Lipinski definition) is 0. The second-order valence-corrected chi connectivity index (χ2v) is 2.90. The van der Waals surface area contributed by atoms with Gasteiger partial charge in [0.1, 0.15) is 17.2 Å². The lowest BCUT2D eigenvalue weighted by Gasteiger charge is -2.01. The lowest BCUT2D eigenvalue weighted by Crippen LogP contribution is -2.23. The standard InChI is InChI=1S/C9H5F2N3O2/c10-5-1-2-8(6(11)3-5)14-12-4-7(13-14)9(15)16/h1-4H,(H,15,16)/p-1. The fourth-order valence-electron chi connectivity index (χ4n) is 1.12. The molecule has 5 nitrogen and oxygen atoms in total. The first-order valence-electron chi connectivity index (χ1n) is 4.17. The number of hydrogen-bond acceptors (Lipinski definition) is 4. The quantitative estimate of drug-likeness (QED) is 0.714. The van der Waals surface area contributed by atoms with E-state index in [4.69, 9.17) is 0 Å². The van der Waals surface area contributed by atoms with Crippen molar-refractivity contribution in [1.29, 1.82) is 0 Å². The zero-order valence-corrected chi connectivity index (χ0v) is 7.72. The molecule has 2 rings (SSSR count). The molecule has 0 aliphatic rings. The van der Waals surface area contributed by atoms with Crippen LogP contribution in [0, 0.1) is 11.6 Å². The number of nitrogens with zero attached hydrogens (tertiary/aromatic N) is 3. The van der Waals surface area contributed by atoms with Crippen LogP contribution >= 0.6 is 0 Å². The predicted octanol–water partition coefficient (Wildman–Crippen LogP) is -0.0910. The summed E-state index contributed by atoms with van der Waals surface area (Å²) in [6, 6.07) is 2.77. The van der Waals surface area contributed by atoms with Crippen molar-refractivity contribution < 1.29 is 18.7 Å². The Balaban J connectivity index is 2.46. The lowest BCUT2D eigenvalue weighted by atomic mass is 10.3. The van der Waals surface area contributed by atoms with Gasteiger partial charge in [0, 0.05) is 6.07 Å². The third-order valence-electron chi connectivity index (χ3n) is 1.83. The molecule has 0 spiro atoms. The molecule has 0 saturated carbocycles. The van der Waals surface area contributed by atoms with Crippen molar-refractivity contribution in [3.63, 3.8) is 0 Å². The number of aromatic carboxylic acids is 1. The molecule has 2 aromatic rings.